The van der Waals surface area contributed by atoms with Gasteiger partial charge < -0.3 is 11.1 Å². The van der Waals surface area contributed by atoms with Crippen LogP contribution in [0.15, 0.2) is 24.3 Å². The van der Waals surface area contributed by atoms with Crippen LogP contribution in [0.1, 0.15) is 23.6 Å². The van der Waals surface area contributed by atoms with Crippen molar-refractivity contribution in [1.82, 2.24) is 10.6 Å². The topological polar surface area (TPSA) is 84.2 Å². The number of nitrogens with one attached hydrogen (secondary N) is 2. The largest absolute Gasteiger partial charge is 0.351 e. The molecule has 0 heterocycles. The summed E-state index contributed by atoms with van der Waals surface area (Å²) in [5.74, 6) is -0.401. The van der Waals surface area contributed by atoms with E-state index in [4.69, 9.17) is 5.73 Å². The Morgan fingerprint density at radius 1 is 1.35 bits per heavy atom. The van der Waals surface area contributed by atoms with Gasteiger partial charge in [-0.2, -0.15) is 0 Å². The zero-order valence-electron chi connectivity index (χ0n) is 9.40. The summed E-state index contributed by atoms with van der Waals surface area (Å²) in [6.07, 6.45) is 1.99. The fourth-order valence-corrected chi connectivity index (χ4v) is 2.17. The lowest BCUT2D eigenvalue weighted by Crippen LogP contribution is -2.41. The first-order chi connectivity index (χ1) is 8.16. The van der Waals surface area contributed by atoms with Gasteiger partial charge in [0, 0.05) is 6.04 Å². The number of benzene rings is 1. The van der Waals surface area contributed by atoms with Crippen LogP contribution < -0.4 is 16.4 Å². The molecule has 0 spiro atoms. The zero-order chi connectivity index (χ0) is 12.3. The Morgan fingerprint density at radius 2 is 2.12 bits per heavy atom. The van der Waals surface area contributed by atoms with Gasteiger partial charge in [-0.3, -0.25) is 10.1 Å². The molecule has 17 heavy (non-hydrogen) atoms. The molecular weight excluding hydrogens is 218 g/mol. The number of rotatable bonds is 3. The first kappa shape index (κ1) is 11.6. The summed E-state index contributed by atoms with van der Waals surface area (Å²) < 4.78 is 0. The Kier molecular flexibility index (Phi) is 3.39. The van der Waals surface area contributed by atoms with Gasteiger partial charge in [0.05, 0.1) is 6.54 Å². The standard InChI is InChI=1S/C12H15N3O2/c13-12(17)15-11(16)7-14-10-6-5-8-3-1-2-4-9(8)10/h1-4,10,14H,5-7H2,(H3,13,15,16,17). The van der Waals surface area contributed by atoms with Gasteiger partial charge in [-0.15, -0.1) is 0 Å². The molecule has 1 aromatic carbocycles. The van der Waals surface area contributed by atoms with Crippen LogP contribution in [0.3, 0.4) is 0 Å². The van der Waals surface area contributed by atoms with Crippen molar-refractivity contribution in [2.45, 2.75) is 18.9 Å². The molecule has 0 saturated heterocycles. The van der Waals surface area contributed by atoms with Crippen molar-refractivity contribution in [3.05, 3.63) is 35.4 Å². The third-order valence-corrected chi connectivity index (χ3v) is 2.90. The normalized spacial score (nSPS) is 17.5. The van der Waals surface area contributed by atoms with E-state index in [0.717, 1.165) is 12.8 Å². The number of imide groups is 1. The predicted octanol–water partition coefficient (Wildman–Crippen LogP) is 0.458. The van der Waals surface area contributed by atoms with Gasteiger partial charge in [-0.25, -0.2) is 4.79 Å². The molecular formula is C12H15N3O2. The highest BCUT2D eigenvalue weighted by Gasteiger charge is 2.21. The van der Waals surface area contributed by atoms with Crippen molar-refractivity contribution in [1.29, 1.82) is 0 Å². The summed E-state index contributed by atoms with van der Waals surface area (Å²) in [4.78, 5) is 21.7. The number of primary amides is 1. The van der Waals surface area contributed by atoms with Gasteiger partial charge in [0.25, 0.3) is 0 Å². The Hall–Kier alpha value is -1.88. The lowest BCUT2D eigenvalue weighted by Gasteiger charge is -2.13. The predicted molar refractivity (Wildman–Crippen MR) is 63.2 cm³/mol. The molecule has 1 aliphatic rings. The highest BCUT2D eigenvalue weighted by atomic mass is 16.2. The quantitative estimate of drug-likeness (QED) is 0.709. The minimum Gasteiger partial charge on any atom is -0.351 e. The van der Waals surface area contributed by atoms with Crippen molar-refractivity contribution in [2.24, 2.45) is 5.73 Å². The molecule has 1 atom stereocenters. The second-order valence-corrected chi connectivity index (χ2v) is 4.08. The second-order valence-electron chi connectivity index (χ2n) is 4.08. The number of carbonyl (C=O) groups is 2. The smallest absolute Gasteiger partial charge is 0.318 e. The monoisotopic (exact) mass is 233 g/mol. The van der Waals surface area contributed by atoms with E-state index in [1.165, 1.54) is 11.1 Å². The summed E-state index contributed by atoms with van der Waals surface area (Å²) in [5, 5.41) is 5.15. The number of aryl methyl sites for hydroxylation is 1. The molecule has 5 nitrogen and oxygen atoms in total. The molecule has 4 N–H and O–H groups in total. The van der Waals surface area contributed by atoms with E-state index < -0.39 is 11.9 Å². The van der Waals surface area contributed by atoms with Crippen molar-refractivity contribution in [3.8, 4) is 0 Å². The van der Waals surface area contributed by atoms with E-state index in [1.807, 2.05) is 17.4 Å². The van der Waals surface area contributed by atoms with E-state index in [9.17, 15) is 9.59 Å². The van der Waals surface area contributed by atoms with Gasteiger partial charge in [0.15, 0.2) is 0 Å². The van der Waals surface area contributed by atoms with E-state index in [2.05, 4.69) is 17.4 Å². The maximum Gasteiger partial charge on any atom is 0.318 e. The number of hydrogen-bond donors (Lipinski definition) is 3. The van der Waals surface area contributed by atoms with Gasteiger partial charge in [0.2, 0.25) is 5.91 Å². The number of nitrogens with two attached hydrogens (primary N) is 1. The molecule has 3 amide bonds. The van der Waals surface area contributed by atoms with E-state index in [0.29, 0.717) is 0 Å². The Labute approximate surface area is 99.4 Å². The van der Waals surface area contributed by atoms with Crippen LogP contribution in [-0.2, 0) is 11.2 Å². The highest BCUT2D eigenvalue weighted by Crippen LogP contribution is 2.30. The molecule has 0 aromatic heterocycles. The third-order valence-electron chi connectivity index (χ3n) is 2.90. The molecule has 0 saturated carbocycles. The second kappa shape index (κ2) is 4.97. The van der Waals surface area contributed by atoms with Crippen molar-refractivity contribution < 1.29 is 9.59 Å². The van der Waals surface area contributed by atoms with Crippen LogP contribution in [0.25, 0.3) is 0 Å². The summed E-state index contributed by atoms with van der Waals surface area (Å²) in [7, 11) is 0. The summed E-state index contributed by atoms with van der Waals surface area (Å²) in [6.45, 7) is 0.0991. The van der Waals surface area contributed by atoms with Crippen molar-refractivity contribution in [3.63, 3.8) is 0 Å². The average molecular weight is 233 g/mol. The van der Waals surface area contributed by atoms with Crippen LogP contribution in [0.2, 0.25) is 0 Å². The Balaban J connectivity index is 1.90. The molecule has 0 aliphatic heterocycles. The fourth-order valence-electron chi connectivity index (χ4n) is 2.17. The van der Waals surface area contributed by atoms with Gasteiger partial charge >= 0.3 is 6.03 Å². The van der Waals surface area contributed by atoms with E-state index >= 15 is 0 Å². The average Bonchev–Trinajstić information content (AvgIpc) is 2.69. The highest BCUT2D eigenvalue weighted by molar-refractivity contribution is 5.94. The maximum atomic E-state index is 11.2. The van der Waals surface area contributed by atoms with Gasteiger partial charge in [-0.05, 0) is 24.0 Å². The molecule has 0 fully saturated rings. The molecule has 90 valence electrons. The maximum absolute atomic E-state index is 11.2. The molecule has 0 radical (unpaired) electrons. The molecule has 1 aromatic rings. The Morgan fingerprint density at radius 3 is 2.88 bits per heavy atom. The van der Waals surface area contributed by atoms with E-state index in [-0.39, 0.29) is 12.6 Å². The van der Waals surface area contributed by atoms with Crippen LogP contribution in [0, 0.1) is 0 Å². The van der Waals surface area contributed by atoms with Crippen LogP contribution in [0.5, 0.6) is 0 Å². The minimum atomic E-state index is -0.816. The zero-order valence-corrected chi connectivity index (χ0v) is 9.40. The van der Waals surface area contributed by atoms with Crippen LogP contribution >= 0.6 is 0 Å². The fraction of sp³-hybridized carbons (Fsp3) is 0.333. The van der Waals surface area contributed by atoms with Crippen molar-refractivity contribution >= 4 is 11.9 Å². The number of fused-ring (bicyclic) bond motifs is 1. The summed E-state index contributed by atoms with van der Waals surface area (Å²) in [5.41, 5.74) is 7.41. The minimum absolute atomic E-state index is 0.0991. The van der Waals surface area contributed by atoms with E-state index in [1.54, 1.807) is 0 Å². The molecule has 1 unspecified atom stereocenters. The first-order valence-electron chi connectivity index (χ1n) is 5.57. The van der Waals surface area contributed by atoms with Gasteiger partial charge in [-0.1, -0.05) is 24.3 Å². The van der Waals surface area contributed by atoms with Gasteiger partial charge in [0.1, 0.15) is 0 Å². The summed E-state index contributed by atoms with van der Waals surface area (Å²) in [6, 6.07) is 7.53. The molecule has 2 rings (SSSR count). The van der Waals surface area contributed by atoms with Crippen LogP contribution in [-0.4, -0.2) is 18.5 Å². The number of carbonyl (C=O) groups excluding carboxylic acids is 2. The first-order valence-corrected chi connectivity index (χ1v) is 5.57. The van der Waals surface area contributed by atoms with Crippen molar-refractivity contribution in [2.75, 3.05) is 6.54 Å². The molecule has 0 bridgehead atoms. The third kappa shape index (κ3) is 2.82. The molecule has 5 heteroatoms. The number of urea groups is 1. The number of amides is 3. The SMILES string of the molecule is NC(=O)NC(=O)CNC1CCc2ccccc21. The Bertz CT molecular complexity index is 445. The summed E-state index contributed by atoms with van der Waals surface area (Å²) >= 11 is 0. The lowest BCUT2D eigenvalue weighted by molar-refractivity contribution is -0.119. The number of hydrogen-bond acceptors (Lipinski definition) is 3. The lowest BCUT2D eigenvalue weighted by atomic mass is 10.1. The molecule has 1 aliphatic carbocycles. The van der Waals surface area contributed by atoms with Crippen LogP contribution in [0.4, 0.5) is 4.79 Å².